The van der Waals surface area contributed by atoms with Crippen LogP contribution in [0.1, 0.15) is 0 Å². The van der Waals surface area contributed by atoms with E-state index in [0.29, 0.717) is 0 Å². The summed E-state index contributed by atoms with van der Waals surface area (Å²) in [4.78, 5) is 0. The van der Waals surface area contributed by atoms with Crippen molar-refractivity contribution in [3.05, 3.63) is 121 Å². The molecule has 0 N–H and O–H groups in total. The Balaban J connectivity index is 1.94. The monoisotopic (exact) mass is 554 g/mol. The number of hydrogen-bond donors (Lipinski definition) is 0. The predicted octanol–water partition coefficient (Wildman–Crippen LogP) is 4.41. The van der Waals surface area contributed by atoms with Gasteiger partial charge in [-0.15, -0.1) is 0 Å². The quantitative estimate of drug-likeness (QED) is 0.200. The molecule has 0 aliphatic rings. The van der Waals surface area contributed by atoms with Crippen LogP contribution in [0.4, 0.5) is 0 Å². The van der Waals surface area contributed by atoms with E-state index in [1.807, 2.05) is 0 Å². The minimum absolute atomic E-state index is 1.26. The van der Waals surface area contributed by atoms with Gasteiger partial charge in [0, 0.05) is 0 Å². The summed E-state index contributed by atoms with van der Waals surface area (Å²) in [6.07, 6.45) is 0. The van der Waals surface area contributed by atoms with Crippen LogP contribution >= 0.6 is 11.0 Å². The molecule has 0 amide bonds. The first-order chi connectivity index (χ1) is 14.6. The first-order valence-corrected chi connectivity index (χ1v) is 17.6. The zero-order valence-electron chi connectivity index (χ0n) is 16.3. The van der Waals surface area contributed by atoms with Crippen molar-refractivity contribution < 1.29 is 0 Å². The first-order valence-electron chi connectivity index (χ1n) is 9.60. The van der Waals surface area contributed by atoms with Crippen LogP contribution in [0.5, 0.6) is 0 Å². The zero-order chi connectivity index (χ0) is 20.9. The van der Waals surface area contributed by atoms with Crippen molar-refractivity contribution in [3.63, 3.8) is 0 Å². The van der Waals surface area contributed by atoms with E-state index in [1.54, 1.807) is 0 Å². The Morgan fingerprint density at radius 3 is 0.767 bits per heavy atom. The van der Waals surface area contributed by atoms with Gasteiger partial charge in [-0.05, 0) is 0 Å². The molecule has 0 radical (unpaired) electrons. The van der Waals surface area contributed by atoms with E-state index < -0.39 is 11.0 Å². The third-order valence-corrected chi connectivity index (χ3v) is 16.4. The maximum absolute atomic E-state index is 3.79. The topological polar surface area (TPSA) is 0 Å². The molecule has 0 aromatic heterocycles. The molecule has 0 nitrogen and oxygen atoms in total. The maximum atomic E-state index is 3.79. The summed E-state index contributed by atoms with van der Waals surface area (Å²) >= 11 is 7.08. The zero-order valence-corrected chi connectivity index (χ0v) is 21.5. The fraction of sp³-hybridized carbons (Fsp3) is 0. The fourth-order valence-corrected chi connectivity index (χ4v) is 12.5. The molecule has 0 saturated heterocycles. The van der Waals surface area contributed by atoms with Crippen molar-refractivity contribution in [1.82, 2.24) is 0 Å². The molecule has 0 aliphatic heterocycles. The van der Waals surface area contributed by atoms with Crippen LogP contribution in [0.25, 0.3) is 0 Å². The van der Waals surface area contributed by atoms with E-state index in [1.165, 1.54) is 21.2 Å². The van der Waals surface area contributed by atoms with Crippen molar-refractivity contribution in [3.8, 4) is 11.3 Å². The van der Waals surface area contributed by atoms with Crippen molar-refractivity contribution >= 4 is 62.4 Å². The molecule has 0 unspecified atom stereocenters. The molecular formula is C26H20P2Se2. The van der Waals surface area contributed by atoms with Gasteiger partial charge in [0.2, 0.25) is 0 Å². The second-order valence-corrected chi connectivity index (χ2v) is 18.6. The van der Waals surface area contributed by atoms with E-state index in [-0.39, 0.29) is 0 Å². The molecule has 0 saturated carbocycles. The van der Waals surface area contributed by atoms with Gasteiger partial charge in [-0.25, -0.2) is 0 Å². The molecule has 0 aliphatic carbocycles. The molecule has 4 heteroatoms. The normalized spacial score (nSPS) is 11.3. The molecule has 0 fully saturated rings. The molecule has 4 aromatic carbocycles. The first kappa shape index (κ1) is 21.6. The van der Waals surface area contributed by atoms with Gasteiger partial charge in [0.1, 0.15) is 0 Å². The standard InChI is InChI=1S/C26H20P2Se2/c29-27(23-13-5-1-6-14-23,24-15-7-2-8-16-24)21-22-28(30,25-17-9-3-10-18-25)26-19-11-4-12-20-26/h1-20H. The SMILES string of the molecule is [Se]=P(C#CP(=[Se])(c1ccccc1)c1ccccc1)(c1ccccc1)c1ccccc1. The summed E-state index contributed by atoms with van der Waals surface area (Å²) in [5.74, 6) is 0. The molecule has 0 spiro atoms. The van der Waals surface area contributed by atoms with Gasteiger partial charge in [0.05, 0.1) is 0 Å². The van der Waals surface area contributed by atoms with E-state index in [2.05, 4.69) is 163 Å². The van der Waals surface area contributed by atoms with Crippen LogP contribution in [-0.2, 0) is 0 Å². The summed E-state index contributed by atoms with van der Waals surface area (Å²) in [5, 5.41) is 5.04. The average molecular weight is 552 g/mol. The Bertz CT molecular complexity index is 1090. The van der Waals surface area contributed by atoms with Crippen molar-refractivity contribution in [1.29, 1.82) is 0 Å². The Morgan fingerprint density at radius 1 is 0.367 bits per heavy atom. The molecule has 4 rings (SSSR count). The molecule has 30 heavy (non-hydrogen) atoms. The average Bonchev–Trinajstić information content (AvgIpc) is 2.84. The van der Waals surface area contributed by atoms with Gasteiger partial charge in [0.15, 0.2) is 0 Å². The minimum atomic E-state index is -1.99. The van der Waals surface area contributed by atoms with Crippen LogP contribution in [-0.4, -0.2) is 30.2 Å². The van der Waals surface area contributed by atoms with Crippen molar-refractivity contribution in [2.45, 2.75) is 0 Å². The molecule has 0 atom stereocenters. The third-order valence-electron chi connectivity index (χ3n) is 4.84. The van der Waals surface area contributed by atoms with Crippen LogP contribution < -0.4 is 21.2 Å². The summed E-state index contributed by atoms with van der Waals surface area (Å²) in [7, 11) is 0. The van der Waals surface area contributed by atoms with Crippen LogP contribution in [0.3, 0.4) is 0 Å². The Hall–Kier alpha value is -1.66. The van der Waals surface area contributed by atoms with Crippen LogP contribution in [0.15, 0.2) is 121 Å². The summed E-state index contributed by atoms with van der Waals surface area (Å²) < 4.78 is 0. The number of hydrogen-bond acceptors (Lipinski definition) is 0. The number of rotatable bonds is 4. The van der Waals surface area contributed by atoms with E-state index >= 15 is 0 Å². The predicted molar refractivity (Wildman–Crippen MR) is 137 cm³/mol. The van der Waals surface area contributed by atoms with Crippen LogP contribution in [0.2, 0.25) is 0 Å². The van der Waals surface area contributed by atoms with Crippen LogP contribution in [0, 0.1) is 11.3 Å². The van der Waals surface area contributed by atoms with E-state index in [9.17, 15) is 0 Å². The second kappa shape index (κ2) is 9.65. The Morgan fingerprint density at radius 2 is 0.567 bits per heavy atom. The van der Waals surface area contributed by atoms with Crippen molar-refractivity contribution in [2.24, 2.45) is 0 Å². The molecule has 0 bridgehead atoms. The van der Waals surface area contributed by atoms with Gasteiger partial charge in [-0.3, -0.25) is 0 Å². The molecule has 146 valence electrons. The van der Waals surface area contributed by atoms with Crippen molar-refractivity contribution in [2.75, 3.05) is 0 Å². The fourth-order valence-electron chi connectivity index (χ4n) is 3.25. The van der Waals surface area contributed by atoms with Gasteiger partial charge in [-0.1, -0.05) is 0 Å². The number of benzene rings is 4. The van der Waals surface area contributed by atoms with Gasteiger partial charge < -0.3 is 0 Å². The summed E-state index contributed by atoms with van der Waals surface area (Å²) in [5.41, 5.74) is 3.60. The summed E-state index contributed by atoms with van der Waals surface area (Å²) in [6.45, 7) is 0. The van der Waals surface area contributed by atoms with Gasteiger partial charge >= 0.3 is 195 Å². The molecule has 4 aromatic rings. The second-order valence-electron chi connectivity index (χ2n) is 6.78. The van der Waals surface area contributed by atoms with Gasteiger partial charge in [-0.2, -0.15) is 0 Å². The van der Waals surface area contributed by atoms with E-state index in [0.717, 1.165) is 0 Å². The van der Waals surface area contributed by atoms with E-state index in [4.69, 9.17) is 0 Å². The summed E-state index contributed by atoms with van der Waals surface area (Å²) in [6, 6.07) is 42.6. The van der Waals surface area contributed by atoms with Gasteiger partial charge in [0.25, 0.3) is 0 Å². The third kappa shape index (κ3) is 4.49. The Kier molecular flexibility index (Phi) is 6.94. The molecular weight excluding hydrogens is 532 g/mol. The molecule has 0 heterocycles. The Labute approximate surface area is 194 Å².